The lowest BCUT2D eigenvalue weighted by Crippen LogP contribution is -2.17. The topological polar surface area (TPSA) is 102 Å². The van der Waals surface area contributed by atoms with Crippen molar-refractivity contribution in [3.05, 3.63) is 73.0 Å². The van der Waals surface area contributed by atoms with Gasteiger partial charge in [-0.3, -0.25) is 14.9 Å². The molecule has 0 amide bonds. The minimum Gasteiger partial charge on any atom is -0.376 e. The van der Waals surface area contributed by atoms with E-state index in [9.17, 15) is 9.59 Å². The van der Waals surface area contributed by atoms with Gasteiger partial charge in [0.15, 0.2) is 0 Å². The van der Waals surface area contributed by atoms with E-state index in [1.54, 1.807) is 18.3 Å². The number of anilines is 1. The zero-order valence-electron chi connectivity index (χ0n) is 17.0. The van der Waals surface area contributed by atoms with Crippen molar-refractivity contribution in [3.63, 3.8) is 0 Å². The Bertz CT molecular complexity index is 1400. The number of aromatic amines is 3. The molecule has 0 bridgehead atoms. The molecule has 0 spiro atoms. The molecule has 9 heteroatoms. The largest absolute Gasteiger partial charge is 0.376 e. The van der Waals surface area contributed by atoms with Crippen molar-refractivity contribution >= 4 is 40.2 Å². The SMILES string of the molecule is Cc1ccc(-n2[nH]c(C)c(C=Nc3cc4[nH]c(=O)[nH]c4cc3N(C)C)c2=O)cc1Cl. The maximum Gasteiger partial charge on any atom is 0.323 e. The van der Waals surface area contributed by atoms with Crippen molar-refractivity contribution in [1.29, 1.82) is 0 Å². The zero-order chi connectivity index (χ0) is 21.6. The van der Waals surface area contributed by atoms with E-state index >= 15 is 0 Å². The highest BCUT2D eigenvalue weighted by Crippen LogP contribution is 2.30. The van der Waals surface area contributed by atoms with Crippen molar-refractivity contribution in [2.75, 3.05) is 19.0 Å². The molecule has 0 atom stereocenters. The molecule has 2 aromatic heterocycles. The summed E-state index contributed by atoms with van der Waals surface area (Å²) in [6.45, 7) is 3.72. The Balaban J connectivity index is 1.79. The number of aromatic nitrogens is 4. The third-order valence-corrected chi connectivity index (χ3v) is 5.36. The number of H-pyrrole nitrogens is 3. The van der Waals surface area contributed by atoms with Crippen LogP contribution in [0.1, 0.15) is 16.8 Å². The van der Waals surface area contributed by atoms with Crippen LogP contribution in [0.4, 0.5) is 11.4 Å². The Morgan fingerprint density at radius 1 is 1.07 bits per heavy atom. The van der Waals surface area contributed by atoms with E-state index in [2.05, 4.69) is 20.1 Å². The third kappa shape index (κ3) is 3.46. The van der Waals surface area contributed by atoms with Gasteiger partial charge in [-0.15, -0.1) is 0 Å². The van der Waals surface area contributed by atoms with Gasteiger partial charge in [-0.2, -0.15) is 0 Å². The maximum atomic E-state index is 13.0. The molecule has 0 radical (unpaired) electrons. The van der Waals surface area contributed by atoms with Crippen LogP contribution in [0.5, 0.6) is 0 Å². The molecule has 2 aromatic carbocycles. The summed E-state index contributed by atoms with van der Waals surface area (Å²) >= 11 is 6.21. The Hall–Kier alpha value is -3.52. The molecule has 2 heterocycles. The number of halogens is 1. The van der Waals surface area contributed by atoms with Crippen molar-refractivity contribution in [2.24, 2.45) is 4.99 Å². The van der Waals surface area contributed by atoms with Crippen LogP contribution in [-0.4, -0.2) is 40.1 Å². The van der Waals surface area contributed by atoms with E-state index in [1.807, 2.05) is 51.0 Å². The Morgan fingerprint density at radius 3 is 2.43 bits per heavy atom. The second-order valence-corrected chi connectivity index (χ2v) is 7.75. The van der Waals surface area contributed by atoms with Crippen LogP contribution >= 0.6 is 11.6 Å². The van der Waals surface area contributed by atoms with Gasteiger partial charge in [0.05, 0.1) is 33.7 Å². The Kier molecular flexibility index (Phi) is 4.87. The number of hydrogen-bond donors (Lipinski definition) is 3. The summed E-state index contributed by atoms with van der Waals surface area (Å²) in [4.78, 5) is 36.5. The van der Waals surface area contributed by atoms with Gasteiger partial charge in [-0.25, -0.2) is 9.48 Å². The molecule has 0 saturated carbocycles. The van der Waals surface area contributed by atoms with Gasteiger partial charge in [-0.1, -0.05) is 17.7 Å². The fraction of sp³-hybridized carbons (Fsp3) is 0.190. The molecule has 0 fully saturated rings. The number of benzene rings is 2. The molecule has 0 aliphatic rings. The Labute approximate surface area is 176 Å². The van der Waals surface area contributed by atoms with Gasteiger partial charge >= 0.3 is 5.69 Å². The number of aryl methyl sites for hydroxylation is 2. The average Bonchev–Trinajstić information content (AvgIpc) is 3.19. The van der Waals surface area contributed by atoms with Crippen molar-refractivity contribution in [2.45, 2.75) is 13.8 Å². The third-order valence-electron chi connectivity index (χ3n) is 4.96. The van der Waals surface area contributed by atoms with Crippen LogP contribution in [0.25, 0.3) is 16.7 Å². The molecule has 4 rings (SSSR count). The standard InChI is InChI=1S/C21H21ClN6O2/c1-11-5-6-13(7-15(11)22)28-20(29)14(12(2)26-28)10-23-18-8-16-17(25-21(30)24-16)9-19(18)27(3)4/h5-10,26H,1-4H3,(H2,24,25,30). The minimum atomic E-state index is -0.281. The minimum absolute atomic E-state index is 0.223. The summed E-state index contributed by atoms with van der Waals surface area (Å²) in [6.07, 6.45) is 1.54. The molecule has 0 aliphatic carbocycles. The highest BCUT2D eigenvalue weighted by molar-refractivity contribution is 6.31. The van der Waals surface area contributed by atoms with Crippen LogP contribution in [0.3, 0.4) is 0 Å². The predicted molar refractivity (Wildman–Crippen MR) is 121 cm³/mol. The van der Waals surface area contributed by atoms with Gasteiger partial charge in [-0.05, 0) is 43.7 Å². The smallest absolute Gasteiger partial charge is 0.323 e. The van der Waals surface area contributed by atoms with E-state index < -0.39 is 0 Å². The second kappa shape index (κ2) is 7.38. The Morgan fingerprint density at radius 2 is 1.77 bits per heavy atom. The summed E-state index contributed by atoms with van der Waals surface area (Å²) in [7, 11) is 3.78. The first kappa shape index (κ1) is 19.8. The van der Waals surface area contributed by atoms with Crippen molar-refractivity contribution in [3.8, 4) is 5.69 Å². The summed E-state index contributed by atoms with van der Waals surface area (Å²) in [5.41, 5.74) is 5.00. The fourth-order valence-electron chi connectivity index (χ4n) is 3.27. The molecule has 154 valence electrons. The van der Waals surface area contributed by atoms with Crippen LogP contribution in [0, 0.1) is 13.8 Å². The zero-order valence-corrected chi connectivity index (χ0v) is 17.8. The molecule has 0 saturated heterocycles. The fourth-order valence-corrected chi connectivity index (χ4v) is 3.44. The number of fused-ring (bicyclic) bond motifs is 1. The van der Waals surface area contributed by atoms with Crippen molar-refractivity contribution < 1.29 is 0 Å². The molecular formula is C21H21ClN6O2. The lowest BCUT2D eigenvalue weighted by molar-refractivity contribution is 0.835. The van der Waals surface area contributed by atoms with Crippen molar-refractivity contribution in [1.82, 2.24) is 19.7 Å². The lowest BCUT2D eigenvalue weighted by atomic mass is 10.2. The van der Waals surface area contributed by atoms with E-state index in [4.69, 9.17) is 11.6 Å². The maximum absolute atomic E-state index is 13.0. The monoisotopic (exact) mass is 424 g/mol. The van der Waals surface area contributed by atoms with Crippen LogP contribution in [-0.2, 0) is 0 Å². The van der Waals surface area contributed by atoms with E-state index in [1.165, 1.54) is 4.68 Å². The highest BCUT2D eigenvalue weighted by atomic mass is 35.5. The summed E-state index contributed by atoms with van der Waals surface area (Å²) in [6, 6.07) is 9.06. The number of rotatable bonds is 4. The average molecular weight is 425 g/mol. The molecule has 4 aromatic rings. The molecule has 3 N–H and O–H groups in total. The first-order valence-electron chi connectivity index (χ1n) is 9.30. The number of hydrogen-bond acceptors (Lipinski definition) is 4. The van der Waals surface area contributed by atoms with Gasteiger partial charge < -0.3 is 14.9 Å². The highest BCUT2D eigenvalue weighted by Gasteiger charge is 2.13. The second-order valence-electron chi connectivity index (χ2n) is 7.34. The normalized spacial score (nSPS) is 11.6. The molecule has 8 nitrogen and oxygen atoms in total. The number of nitrogens with one attached hydrogen (secondary N) is 3. The summed E-state index contributed by atoms with van der Waals surface area (Å²) < 4.78 is 1.45. The first-order valence-corrected chi connectivity index (χ1v) is 9.68. The molecule has 0 aliphatic heterocycles. The number of imidazole rings is 1. The number of nitrogens with zero attached hydrogens (tertiary/aromatic N) is 3. The summed E-state index contributed by atoms with van der Waals surface area (Å²) in [5.74, 6) is 0. The number of aliphatic imine (C=N–C) groups is 1. The van der Waals surface area contributed by atoms with E-state index in [0.29, 0.717) is 38.7 Å². The van der Waals surface area contributed by atoms with Gasteiger partial charge in [0.1, 0.15) is 0 Å². The quantitative estimate of drug-likeness (QED) is 0.437. The molecule has 30 heavy (non-hydrogen) atoms. The van der Waals surface area contributed by atoms with E-state index in [-0.39, 0.29) is 11.2 Å². The van der Waals surface area contributed by atoms with Gasteiger partial charge in [0.2, 0.25) is 0 Å². The van der Waals surface area contributed by atoms with Gasteiger partial charge in [0.25, 0.3) is 5.56 Å². The van der Waals surface area contributed by atoms with E-state index in [0.717, 1.165) is 11.3 Å². The molecule has 0 unspecified atom stereocenters. The van der Waals surface area contributed by atoms with Crippen LogP contribution in [0.15, 0.2) is 44.9 Å². The van der Waals surface area contributed by atoms with Crippen LogP contribution < -0.4 is 16.1 Å². The predicted octanol–water partition coefficient (Wildman–Crippen LogP) is 3.42. The first-order chi connectivity index (χ1) is 14.2. The molecular weight excluding hydrogens is 404 g/mol. The summed E-state index contributed by atoms with van der Waals surface area (Å²) in [5, 5.41) is 3.66. The van der Waals surface area contributed by atoms with Gasteiger partial charge in [0, 0.05) is 31.0 Å². The lowest BCUT2D eigenvalue weighted by Gasteiger charge is -2.15. The van der Waals surface area contributed by atoms with Crippen LogP contribution in [0.2, 0.25) is 5.02 Å².